The highest BCUT2D eigenvalue weighted by molar-refractivity contribution is 5.56. The van der Waals surface area contributed by atoms with Crippen molar-refractivity contribution in [1.29, 1.82) is 0 Å². The maximum atomic E-state index is 9.99. The van der Waals surface area contributed by atoms with Gasteiger partial charge < -0.3 is 20.1 Å². The van der Waals surface area contributed by atoms with Crippen molar-refractivity contribution in [2.75, 3.05) is 0 Å². The number of ether oxygens (including phenoxy) is 1. The summed E-state index contributed by atoms with van der Waals surface area (Å²) in [7, 11) is 0. The topological polar surface area (TPSA) is 69.9 Å². The van der Waals surface area contributed by atoms with Crippen LogP contribution in [0.1, 0.15) is 24.5 Å². The van der Waals surface area contributed by atoms with Gasteiger partial charge in [-0.2, -0.15) is 0 Å². The lowest BCUT2D eigenvalue weighted by Gasteiger charge is -2.15. The van der Waals surface area contributed by atoms with E-state index in [1.807, 2.05) is 6.92 Å². The summed E-state index contributed by atoms with van der Waals surface area (Å²) in [4.78, 5) is 0. The van der Waals surface area contributed by atoms with Gasteiger partial charge in [-0.15, -0.1) is 0 Å². The Morgan fingerprint density at radius 2 is 1.80 bits per heavy atom. The summed E-state index contributed by atoms with van der Waals surface area (Å²) in [6.45, 7) is 3.83. The summed E-state index contributed by atoms with van der Waals surface area (Å²) in [6, 6.07) is 7.92. The molecule has 0 spiro atoms. The van der Waals surface area contributed by atoms with Crippen LogP contribution in [0.15, 0.2) is 30.3 Å². The van der Waals surface area contributed by atoms with Crippen molar-refractivity contribution in [2.24, 2.45) is 0 Å². The van der Waals surface area contributed by atoms with Crippen molar-refractivity contribution >= 4 is 0 Å². The first-order chi connectivity index (χ1) is 9.52. The SMILES string of the molecule is CCCc1ccc(O)c(O)c1Oc1ccc(O)cc1C. The molecule has 2 rings (SSSR count). The van der Waals surface area contributed by atoms with Crippen LogP contribution in [0.4, 0.5) is 0 Å². The van der Waals surface area contributed by atoms with Crippen molar-refractivity contribution in [2.45, 2.75) is 26.7 Å². The number of phenols is 3. The number of benzene rings is 2. The van der Waals surface area contributed by atoms with Gasteiger partial charge in [0, 0.05) is 0 Å². The zero-order chi connectivity index (χ0) is 14.7. The number of aryl methyl sites for hydroxylation is 2. The molecule has 0 unspecified atom stereocenters. The molecule has 4 heteroatoms. The van der Waals surface area contributed by atoms with Gasteiger partial charge in [-0.05, 0) is 48.7 Å². The molecule has 0 fully saturated rings. The Bertz CT molecular complexity index is 620. The maximum Gasteiger partial charge on any atom is 0.201 e. The second kappa shape index (κ2) is 5.74. The van der Waals surface area contributed by atoms with E-state index in [0.29, 0.717) is 5.75 Å². The van der Waals surface area contributed by atoms with Crippen LogP contribution in [0.5, 0.6) is 28.7 Å². The first-order valence-electron chi connectivity index (χ1n) is 6.54. The van der Waals surface area contributed by atoms with Crippen molar-refractivity contribution in [3.63, 3.8) is 0 Å². The van der Waals surface area contributed by atoms with Crippen LogP contribution in [0.25, 0.3) is 0 Å². The van der Waals surface area contributed by atoms with E-state index >= 15 is 0 Å². The fourth-order valence-electron chi connectivity index (χ4n) is 2.04. The van der Waals surface area contributed by atoms with Gasteiger partial charge in [-0.3, -0.25) is 0 Å². The molecule has 20 heavy (non-hydrogen) atoms. The van der Waals surface area contributed by atoms with Crippen molar-refractivity contribution in [3.05, 3.63) is 41.5 Å². The first-order valence-corrected chi connectivity index (χ1v) is 6.54. The van der Waals surface area contributed by atoms with E-state index in [2.05, 4.69) is 0 Å². The van der Waals surface area contributed by atoms with E-state index in [-0.39, 0.29) is 23.0 Å². The van der Waals surface area contributed by atoms with Gasteiger partial charge in [0.1, 0.15) is 11.5 Å². The largest absolute Gasteiger partial charge is 0.508 e. The predicted octanol–water partition coefficient (Wildman–Crippen LogP) is 3.86. The second-order valence-corrected chi connectivity index (χ2v) is 4.72. The van der Waals surface area contributed by atoms with Crippen molar-refractivity contribution in [3.8, 4) is 28.7 Å². The number of phenolic OH excluding ortho intramolecular Hbond substituents is 3. The molecule has 0 aliphatic carbocycles. The summed E-state index contributed by atoms with van der Waals surface area (Å²) >= 11 is 0. The second-order valence-electron chi connectivity index (χ2n) is 4.72. The predicted molar refractivity (Wildman–Crippen MR) is 76.7 cm³/mol. The van der Waals surface area contributed by atoms with Crippen LogP contribution in [0, 0.1) is 6.92 Å². The molecular formula is C16H18O4. The molecular weight excluding hydrogens is 256 g/mol. The average Bonchev–Trinajstić information content (AvgIpc) is 2.41. The molecule has 0 aliphatic heterocycles. The van der Waals surface area contributed by atoms with Gasteiger partial charge in [0.25, 0.3) is 0 Å². The van der Waals surface area contributed by atoms with Crippen LogP contribution in [0.2, 0.25) is 0 Å². The van der Waals surface area contributed by atoms with E-state index in [0.717, 1.165) is 24.0 Å². The fraction of sp³-hybridized carbons (Fsp3) is 0.250. The zero-order valence-corrected chi connectivity index (χ0v) is 11.6. The van der Waals surface area contributed by atoms with Gasteiger partial charge in [0.05, 0.1) is 0 Å². The number of hydrogen-bond acceptors (Lipinski definition) is 4. The minimum absolute atomic E-state index is 0.156. The smallest absolute Gasteiger partial charge is 0.201 e. The molecule has 0 aromatic heterocycles. The molecule has 2 aromatic carbocycles. The van der Waals surface area contributed by atoms with Crippen LogP contribution >= 0.6 is 0 Å². The van der Waals surface area contributed by atoms with E-state index in [4.69, 9.17) is 4.74 Å². The third-order valence-corrected chi connectivity index (χ3v) is 3.08. The summed E-state index contributed by atoms with van der Waals surface area (Å²) in [5.74, 6) is 0.477. The Labute approximate surface area is 117 Å². The molecule has 0 amide bonds. The Kier molecular flexibility index (Phi) is 4.03. The minimum Gasteiger partial charge on any atom is -0.508 e. The molecule has 0 heterocycles. The zero-order valence-electron chi connectivity index (χ0n) is 11.6. The molecule has 0 radical (unpaired) electrons. The average molecular weight is 274 g/mol. The van der Waals surface area contributed by atoms with E-state index in [1.54, 1.807) is 25.1 Å². The monoisotopic (exact) mass is 274 g/mol. The summed E-state index contributed by atoms with van der Waals surface area (Å²) < 4.78 is 5.74. The molecule has 3 N–H and O–H groups in total. The molecule has 106 valence electrons. The van der Waals surface area contributed by atoms with E-state index in [1.165, 1.54) is 12.1 Å². The number of rotatable bonds is 4. The lowest BCUT2D eigenvalue weighted by molar-refractivity contribution is 0.369. The van der Waals surface area contributed by atoms with Gasteiger partial charge in [-0.25, -0.2) is 0 Å². The van der Waals surface area contributed by atoms with Crippen LogP contribution < -0.4 is 4.74 Å². The van der Waals surface area contributed by atoms with Crippen LogP contribution in [-0.2, 0) is 6.42 Å². The van der Waals surface area contributed by atoms with Crippen molar-refractivity contribution < 1.29 is 20.1 Å². The normalized spacial score (nSPS) is 10.5. The van der Waals surface area contributed by atoms with Crippen LogP contribution in [-0.4, -0.2) is 15.3 Å². The quantitative estimate of drug-likeness (QED) is 0.740. The third kappa shape index (κ3) is 2.79. The Balaban J connectivity index is 2.43. The maximum absolute atomic E-state index is 9.99. The van der Waals surface area contributed by atoms with Gasteiger partial charge in [0.2, 0.25) is 5.75 Å². The molecule has 0 saturated carbocycles. The molecule has 2 aromatic rings. The summed E-state index contributed by atoms with van der Waals surface area (Å²) in [5.41, 5.74) is 1.57. The Hall–Kier alpha value is -2.36. The highest BCUT2D eigenvalue weighted by Gasteiger charge is 2.15. The Morgan fingerprint density at radius 3 is 2.45 bits per heavy atom. The Morgan fingerprint density at radius 1 is 1.05 bits per heavy atom. The molecule has 0 aliphatic rings. The molecule has 0 saturated heterocycles. The van der Waals surface area contributed by atoms with Crippen LogP contribution in [0.3, 0.4) is 0 Å². The molecule has 0 bridgehead atoms. The van der Waals surface area contributed by atoms with Crippen molar-refractivity contribution in [1.82, 2.24) is 0 Å². The lowest BCUT2D eigenvalue weighted by atomic mass is 10.1. The van der Waals surface area contributed by atoms with E-state index < -0.39 is 0 Å². The molecule has 4 nitrogen and oxygen atoms in total. The highest BCUT2D eigenvalue weighted by atomic mass is 16.5. The first kappa shape index (κ1) is 14.1. The highest BCUT2D eigenvalue weighted by Crippen LogP contribution is 2.42. The van der Waals surface area contributed by atoms with Gasteiger partial charge in [-0.1, -0.05) is 19.4 Å². The standard InChI is InChI=1S/C16H18O4/c1-3-4-11-5-7-13(18)15(19)16(11)20-14-8-6-12(17)9-10(14)2/h5-9,17-19H,3-4H2,1-2H3. The minimum atomic E-state index is -0.261. The van der Waals surface area contributed by atoms with Gasteiger partial charge >= 0.3 is 0 Å². The summed E-state index contributed by atoms with van der Waals surface area (Å²) in [6.07, 6.45) is 1.63. The number of aromatic hydroxyl groups is 3. The lowest BCUT2D eigenvalue weighted by Crippen LogP contribution is -1.94. The molecule has 0 atom stereocenters. The third-order valence-electron chi connectivity index (χ3n) is 3.08. The number of hydrogen-bond donors (Lipinski definition) is 3. The van der Waals surface area contributed by atoms with E-state index in [9.17, 15) is 15.3 Å². The van der Waals surface area contributed by atoms with Gasteiger partial charge in [0.15, 0.2) is 11.5 Å². The fourth-order valence-corrected chi connectivity index (χ4v) is 2.04. The summed E-state index contributed by atoms with van der Waals surface area (Å²) in [5, 5.41) is 29.0.